The summed E-state index contributed by atoms with van der Waals surface area (Å²) in [6.45, 7) is -0.262. The third-order valence-electron chi connectivity index (χ3n) is 1.88. The van der Waals surface area contributed by atoms with Crippen LogP contribution in [-0.4, -0.2) is 5.11 Å². The number of benzene rings is 1. The fourth-order valence-corrected chi connectivity index (χ4v) is 2.66. The summed E-state index contributed by atoms with van der Waals surface area (Å²) in [7, 11) is 0. The van der Waals surface area contributed by atoms with Gasteiger partial charge < -0.3 is 5.11 Å². The Bertz CT molecular complexity index is 452. The molecule has 0 atom stereocenters. The first kappa shape index (κ1) is 9.12. The standard InChI is InChI=1S/C9H6BrFOS/c10-7-3-5-1-2-13-9(5)6(4-12)8(7)11/h1-3,12H,4H2. The third-order valence-corrected chi connectivity index (χ3v) is 3.45. The summed E-state index contributed by atoms with van der Waals surface area (Å²) in [4.78, 5) is 0. The van der Waals surface area contributed by atoms with E-state index in [0.717, 1.165) is 10.1 Å². The van der Waals surface area contributed by atoms with Crippen LogP contribution in [0.3, 0.4) is 0 Å². The van der Waals surface area contributed by atoms with E-state index in [1.54, 1.807) is 6.07 Å². The Labute approximate surface area is 86.9 Å². The summed E-state index contributed by atoms with van der Waals surface area (Å²) in [5.74, 6) is -0.363. The molecule has 1 nitrogen and oxygen atoms in total. The first-order valence-corrected chi connectivity index (χ1v) is 5.36. The Balaban J connectivity index is 2.87. The van der Waals surface area contributed by atoms with E-state index in [2.05, 4.69) is 15.9 Å². The lowest BCUT2D eigenvalue weighted by molar-refractivity contribution is 0.277. The second-order valence-corrected chi connectivity index (χ2v) is 4.42. The van der Waals surface area contributed by atoms with Crippen molar-refractivity contribution < 1.29 is 9.50 Å². The Hall–Kier alpha value is -0.450. The molecule has 0 spiro atoms. The Morgan fingerprint density at radius 2 is 2.31 bits per heavy atom. The maximum atomic E-state index is 13.4. The molecule has 68 valence electrons. The zero-order chi connectivity index (χ0) is 9.42. The Morgan fingerprint density at radius 1 is 1.54 bits per heavy atom. The van der Waals surface area contributed by atoms with Crippen molar-refractivity contribution in [2.24, 2.45) is 0 Å². The van der Waals surface area contributed by atoms with Crippen LogP contribution in [-0.2, 0) is 6.61 Å². The van der Waals surface area contributed by atoms with E-state index >= 15 is 0 Å². The molecule has 0 aliphatic carbocycles. The molecule has 0 radical (unpaired) electrons. The lowest BCUT2D eigenvalue weighted by atomic mass is 10.1. The maximum absolute atomic E-state index is 13.4. The molecule has 1 aromatic heterocycles. The van der Waals surface area contributed by atoms with Crippen LogP contribution in [0.25, 0.3) is 10.1 Å². The number of aliphatic hydroxyl groups excluding tert-OH is 1. The molecule has 0 saturated carbocycles. The zero-order valence-electron chi connectivity index (χ0n) is 6.55. The van der Waals surface area contributed by atoms with Crippen molar-refractivity contribution in [3.8, 4) is 0 Å². The average molecular weight is 261 g/mol. The third kappa shape index (κ3) is 1.39. The summed E-state index contributed by atoms with van der Waals surface area (Å²) < 4.78 is 14.6. The number of rotatable bonds is 1. The van der Waals surface area contributed by atoms with Gasteiger partial charge in [-0.3, -0.25) is 0 Å². The van der Waals surface area contributed by atoms with Gasteiger partial charge >= 0.3 is 0 Å². The van der Waals surface area contributed by atoms with E-state index in [9.17, 15) is 4.39 Å². The molecule has 0 bridgehead atoms. The normalized spacial score (nSPS) is 11.0. The minimum Gasteiger partial charge on any atom is -0.392 e. The minimum atomic E-state index is -0.363. The van der Waals surface area contributed by atoms with Crippen LogP contribution in [0.1, 0.15) is 5.56 Å². The van der Waals surface area contributed by atoms with Crippen molar-refractivity contribution in [1.29, 1.82) is 0 Å². The summed E-state index contributed by atoms with van der Waals surface area (Å²) in [5, 5.41) is 11.9. The molecule has 2 aromatic rings. The van der Waals surface area contributed by atoms with Crippen molar-refractivity contribution >= 4 is 37.4 Å². The van der Waals surface area contributed by atoms with Crippen molar-refractivity contribution in [2.75, 3.05) is 0 Å². The van der Waals surface area contributed by atoms with Gasteiger partial charge in [-0.15, -0.1) is 11.3 Å². The van der Waals surface area contributed by atoms with Crippen molar-refractivity contribution in [1.82, 2.24) is 0 Å². The Kier molecular flexibility index (Phi) is 2.36. The summed E-state index contributed by atoms with van der Waals surface area (Å²) in [5.41, 5.74) is 0.374. The molecule has 0 aliphatic rings. The summed E-state index contributed by atoms with van der Waals surface area (Å²) in [6, 6.07) is 3.63. The maximum Gasteiger partial charge on any atom is 0.144 e. The van der Waals surface area contributed by atoms with Crippen molar-refractivity contribution in [3.63, 3.8) is 0 Å². The van der Waals surface area contributed by atoms with E-state index in [0.29, 0.717) is 10.0 Å². The van der Waals surface area contributed by atoms with Crippen LogP contribution in [0.15, 0.2) is 22.0 Å². The fraction of sp³-hybridized carbons (Fsp3) is 0.111. The molecule has 0 fully saturated rings. The first-order valence-electron chi connectivity index (χ1n) is 3.69. The van der Waals surface area contributed by atoms with Crippen LogP contribution in [0.5, 0.6) is 0 Å². The average Bonchev–Trinajstić information content (AvgIpc) is 2.54. The van der Waals surface area contributed by atoms with Gasteiger partial charge in [0.2, 0.25) is 0 Å². The van der Waals surface area contributed by atoms with Crippen LogP contribution in [0.2, 0.25) is 0 Å². The van der Waals surface area contributed by atoms with E-state index in [1.807, 2.05) is 11.4 Å². The highest BCUT2D eigenvalue weighted by molar-refractivity contribution is 9.10. The molecule has 1 heterocycles. The second-order valence-electron chi connectivity index (χ2n) is 2.65. The van der Waals surface area contributed by atoms with Crippen molar-refractivity contribution in [2.45, 2.75) is 6.61 Å². The number of fused-ring (bicyclic) bond motifs is 1. The number of thiophene rings is 1. The molecule has 0 saturated heterocycles. The molecule has 4 heteroatoms. The molecule has 0 aliphatic heterocycles. The van der Waals surface area contributed by atoms with Gasteiger partial charge in [0.15, 0.2) is 0 Å². The van der Waals surface area contributed by atoms with Gasteiger partial charge in [0.05, 0.1) is 11.1 Å². The number of aliphatic hydroxyl groups is 1. The van der Waals surface area contributed by atoms with Gasteiger partial charge in [0.1, 0.15) is 5.82 Å². The summed E-state index contributed by atoms with van der Waals surface area (Å²) >= 11 is 4.55. The van der Waals surface area contributed by atoms with Gasteiger partial charge in [-0.2, -0.15) is 0 Å². The molecule has 13 heavy (non-hydrogen) atoms. The van der Waals surface area contributed by atoms with Gasteiger partial charge in [0, 0.05) is 10.3 Å². The lowest BCUT2D eigenvalue weighted by Gasteiger charge is -2.02. The molecular weight excluding hydrogens is 255 g/mol. The predicted octanol–water partition coefficient (Wildman–Crippen LogP) is 3.30. The monoisotopic (exact) mass is 260 g/mol. The quantitative estimate of drug-likeness (QED) is 0.835. The molecule has 0 unspecified atom stereocenters. The molecule has 1 N–H and O–H groups in total. The Morgan fingerprint density at radius 3 is 3.00 bits per heavy atom. The minimum absolute atomic E-state index is 0.262. The van der Waals surface area contributed by atoms with Crippen LogP contribution >= 0.6 is 27.3 Å². The van der Waals surface area contributed by atoms with Crippen LogP contribution in [0, 0.1) is 5.82 Å². The number of hydrogen-bond donors (Lipinski definition) is 1. The molecule has 0 amide bonds. The highest BCUT2D eigenvalue weighted by atomic mass is 79.9. The molecule has 2 rings (SSSR count). The van der Waals surface area contributed by atoms with Gasteiger partial charge in [0.25, 0.3) is 0 Å². The number of hydrogen-bond acceptors (Lipinski definition) is 2. The van der Waals surface area contributed by atoms with Crippen molar-refractivity contribution in [3.05, 3.63) is 33.4 Å². The first-order chi connectivity index (χ1) is 6.24. The fourth-order valence-electron chi connectivity index (χ4n) is 1.26. The highest BCUT2D eigenvalue weighted by Crippen LogP contribution is 2.31. The topological polar surface area (TPSA) is 20.2 Å². The van der Waals surface area contributed by atoms with Crippen LogP contribution in [0.4, 0.5) is 4.39 Å². The zero-order valence-corrected chi connectivity index (χ0v) is 8.95. The number of halogens is 2. The molecule has 1 aromatic carbocycles. The van der Waals surface area contributed by atoms with E-state index in [4.69, 9.17) is 5.11 Å². The van der Waals surface area contributed by atoms with E-state index in [-0.39, 0.29) is 12.4 Å². The van der Waals surface area contributed by atoms with E-state index < -0.39 is 0 Å². The lowest BCUT2D eigenvalue weighted by Crippen LogP contribution is -1.90. The smallest absolute Gasteiger partial charge is 0.144 e. The van der Waals surface area contributed by atoms with Crippen LogP contribution < -0.4 is 0 Å². The van der Waals surface area contributed by atoms with Gasteiger partial charge in [-0.05, 0) is 38.8 Å². The summed E-state index contributed by atoms with van der Waals surface area (Å²) in [6.07, 6.45) is 0. The van der Waals surface area contributed by atoms with Gasteiger partial charge in [-0.25, -0.2) is 4.39 Å². The SMILES string of the molecule is OCc1c(F)c(Br)cc2ccsc12. The molecular formula is C9H6BrFOS. The van der Waals surface area contributed by atoms with Gasteiger partial charge in [-0.1, -0.05) is 0 Å². The predicted molar refractivity (Wildman–Crippen MR) is 55.4 cm³/mol. The largest absolute Gasteiger partial charge is 0.392 e. The van der Waals surface area contributed by atoms with E-state index in [1.165, 1.54) is 11.3 Å². The highest BCUT2D eigenvalue weighted by Gasteiger charge is 2.11. The second kappa shape index (κ2) is 3.36.